The third-order valence-electron chi connectivity index (χ3n) is 5.53. The monoisotopic (exact) mass is 351 g/mol. The van der Waals surface area contributed by atoms with Crippen LogP contribution in [0.15, 0.2) is 23.1 Å². The Morgan fingerprint density at radius 3 is 2.50 bits per heavy atom. The summed E-state index contributed by atoms with van der Waals surface area (Å²) in [6.07, 6.45) is 2.88. The van der Waals surface area contributed by atoms with Gasteiger partial charge in [0.15, 0.2) is 0 Å². The lowest BCUT2D eigenvalue weighted by atomic mass is 9.94. The van der Waals surface area contributed by atoms with Gasteiger partial charge in [-0.3, -0.25) is 0 Å². The fourth-order valence-electron chi connectivity index (χ4n) is 4.21. The van der Waals surface area contributed by atoms with Gasteiger partial charge in [-0.2, -0.15) is 4.31 Å². The summed E-state index contributed by atoms with van der Waals surface area (Å²) in [5, 5.41) is 0. The summed E-state index contributed by atoms with van der Waals surface area (Å²) in [5.74, 6) is 0.734. The van der Waals surface area contributed by atoms with Crippen molar-refractivity contribution >= 4 is 10.0 Å². The maximum Gasteiger partial charge on any atom is 0.243 e. The molecule has 0 aliphatic carbocycles. The second-order valence-electron chi connectivity index (χ2n) is 7.85. The molecule has 0 amide bonds. The molecule has 0 radical (unpaired) electrons. The number of epoxide rings is 1. The van der Waals surface area contributed by atoms with Crippen LogP contribution in [0.4, 0.5) is 0 Å². The average Bonchev–Trinajstić information content (AvgIpc) is 3.27. The zero-order valence-corrected chi connectivity index (χ0v) is 15.5. The molecule has 4 atom stereocenters. The van der Waals surface area contributed by atoms with Crippen LogP contribution in [0.2, 0.25) is 0 Å². The Morgan fingerprint density at radius 1 is 1.17 bits per heavy atom. The molecule has 0 unspecified atom stereocenters. The smallest absolute Gasteiger partial charge is 0.243 e. The van der Waals surface area contributed by atoms with E-state index in [2.05, 4.69) is 0 Å². The van der Waals surface area contributed by atoms with E-state index in [4.69, 9.17) is 9.47 Å². The molecule has 3 aliphatic rings. The second kappa shape index (κ2) is 5.19. The van der Waals surface area contributed by atoms with Crippen molar-refractivity contribution in [2.24, 2.45) is 0 Å². The number of rotatable bonds is 2. The van der Waals surface area contributed by atoms with Gasteiger partial charge in [0, 0.05) is 17.6 Å². The van der Waals surface area contributed by atoms with Gasteiger partial charge < -0.3 is 9.47 Å². The number of hydrogen-bond donors (Lipinski definition) is 0. The van der Waals surface area contributed by atoms with Gasteiger partial charge in [-0.1, -0.05) is 6.42 Å². The largest absolute Gasteiger partial charge is 0.485 e. The van der Waals surface area contributed by atoms with Gasteiger partial charge in [-0.25, -0.2) is 8.42 Å². The third-order valence-corrected chi connectivity index (χ3v) is 7.65. The predicted octanol–water partition coefficient (Wildman–Crippen LogP) is 3.25. The second-order valence-corrected chi connectivity index (χ2v) is 9.69. The van der Waals surface area contributed by atoms with Crippen LogP contribution in [0.3, 0.4) is 0 Å². The molecule has 0 saturated carbocycles. The zero-order chi connectivity index (χ0) is 17.3. The molecule has 24 heavy (non-hydrogen) atoms. The van der Waals surface area contributed by atoms with E-state index in [9.17, 15) is 8.42 Å². The number of hydrogen-bond acceptors (Lipinski definition) is 4. The molecule has 2 saturated heterocycles. The third kappa shape index (κ3) is 2.38. The molecule has 6 heteroatoms. The molecule has 5 nitrogen and oxygen atoms in total. The molecule has 1 aromatic carbocycles. The van der Waals surface area contributed by atoms with Gasteiger partial charge in [0.2, 0.25) is 10.0 Å². The lowest BCUT2D eigenvalue weighted by Crippen LogP contribution is -2.47. The van der Waals surface area contributed by atoms with E-state index in [0.29, 0.717) is 4.90 Å². The quantitative estimate of drug-likeness (QED) is 0.768. The Hall–Kier alpha value is -1.11. The van der Waals surface area contributed by atoms with Gasteiger partial charge in [0.25, 0.3) is 0 Å². The van der Waals surface area contributed by atoms with Crippen LogP contribution >= 0.6 is 0 Å². The first-order valence-electron chi connectivity index (χ1n) is 8.74. The summed E-state index contributed by atoms with van der Waals surface area (Å²) < 4.78 is 39.8. The molecule has 1 aromatic rings. The Kier molecular flexibility index (Phi) is 3.54. The summed E-state index contributed by atoms with van der Waals surface area (Å²) >= 11 is 0. The van der Waals surface area contributed by atoms with Crippen molar-refractivity contribution in [3.05, 3.63) is 23.8 Å². The van der Waals surface area contributed by atoms with E-state index in [1.165, 1.54) is 0 Å². The van der Waals surface area contributed by atoms with E-state index in [1.807, 2.05) is 27.7 Å². The summed E-state index contributed by atoms with van der Waals surface area (Å²) in [6.45, 7) is 8.00. The van der Waals surface area contributed by atoms with Gasteiger partial charge in [0.05, 0.1) is 4.90 Å². The number of ether oxygens (including phenoxy) is 2. The number of fused-ring (bicyclic) bond motifs is 3. The minimum absolute atomic E-state index is 0.00999. The minimum atomic E-state index is -3.51. The first-order chi connectivity index (χ1) is 11.2. The van der Waals surface area contributed by atoms with Crippen molar-refractivity contribution in [1.82, 2.24) is 4.31 Å². The van der Waals surface area contributed by atoms with Gasteiger partial charge >= 0.3 is 0 Å². The highest BCUT2D eigenvalue weighted by molar-refractivity contribution is 7.89. The van der Waals surface area contributed by atoms with Gasteiger partial charge in [0.1, 0.15) is 23.6 Å². The zero-order valence-electron chi connectivity index (χ0n) is 14.7. The normalized spacial score (nSPS) is 34.8. The molecular formula is C18H25NO4S. The van der Waals surface area contributed by atoms with Crippen LogP contribution in [0.5, 0.6) is 5.75 Å². The Labute approximate surface area is 144 Å². The van der Waals surface area contributed by atoms with Crippen LogP contribution < -0.4 is 4.74 Å². The lowest BCUT2D eigenvalue weighted by Gasteiger charge is -2.38. The molecule has 2 fully saturated rings. The topological polar surface area (TPSA) is 59.1 Å². The van der Waals surface area contributed by atoms with E-state index in [1.54, 1.807) is 22.5 Å². The van der Waals surface area contributed by atoms with Crippen LogP contribution in [0.25, 0.3) is 0 Å². The summed E-state index contributed by atoms with van der Waals surface area (Å²) in [6, 6.07) is 5.27. The number of nitrogens with zero attached hydrogens (tertiary/aromatic N) is 1. The highest BCUT2D eigenvalue weighted by Gasteiger charge is 2.57. The number of piperidine rings is 1. The Morgan fingerprint density at radius 2 is 1.83 bits per heavy atom. The molecule has 3 heterocycles. The Bertz CT molecular complexity index is 763. The molecule has 3 aliphatic heterocycles. The molecule has 0 aromatic heterocycles. The minimum Gasteiger partial charge on any atom is -0.485 e. The maximum absolute atomic E-state index is 13.2. The summed E-state index contributed by atoms with van der Waals surface area (Å²) in [5.41, 5.74) is 0.492. The van der Waals surface area contributed by atoms with Crippen molar-refractivity contribution < 1.29 is 17.9 Å². The first-order valence-corrected chi connectivity index (χ1v) is 10.2. The molecule has 132 valence electrons. The van der Waals surface area contributed by atoms with E-state index in [0.717, 1.165) is 30.6 Å². The van der Waals surface area contributed by atoms with Gasteiger partial charge in [-0.15, -0.1) is 0 Å². The van der Waals surface area contributed by atoms with Crippen molar-refractivity contribution in [3.8, 4) is 5.75 Å². The van der Waals surface area contributed by atoms with E-state index in [-0.39, 0.29) is 29.9 Å². The van der Waals surface area contributed by atoms with Crippen LogP contribution in [-0.2, 0) is 14.8 Å². The predicted molar refractivity (Wildman–Crippen MR) is 90.6 cm³/mol. The average molecular weight is 351 g/mol. The van der Waals surface area contributed by atoms with Crippen molar-refractivity contribution in [2.45, 2.75) is 81.7 Å². The standard InChI is InChI=1S/C18H25NO4S/c1-11-6-5-7-12(2)19(11)24(20,21)13-8-9-15-14(10-13)16-17(22-16)18(3,4)23-15/h8-12,16-17H,5-7H2,1-4H3/t11-,12+,16-,17-/m0/s1. The molecule has 4 rings (SSSR count). The molecule has 0 spiro atoms. The van der Waals surface area contributed by atoms with Crippen molar-refractivity contribution in [3.63, 3.8) is 0 Å². The van der Waals surface area contributed by atoms with Crippen LogP contribution in [0.1, 0.15) is 58.6 Å². The Balaban J connectivity index is 1.72. The fourth-order valence-corrected chi connectivity index (χ4v) is 6.13. The number of benzene rings is 1. The highest BCUT2D eigenvalue weighted by atomic mass is 32.2. The molecule has 0 N–H and O–H groups in total. The van der Waals surface area contributed by atoms with Crippen molar-refractivity contribution in [1.29, 1.82) is 0 Å². The number of sulfonamides is 1. The first kappa shape index (κ1) is 16.4. The molecule has 0 bridgehead atoms. The van der Waals surface area contributed by atoms with Crippen molar-refractivity contribution in [2.75, 3.05) is 0 Å². The maximum atomic E-state index is 13.2. The molecular weight excluding hydrogens is 326 g/mol. The lowest BCUT2D eigenvalue weighted by molar-refractivity contribution is 0.0724. The summed E-state index contributed by atoms with van der Waals surface area (Å²) in [4.78, 5) is 0.347. The van der Waals surface area contributed by atoms with E-state index >= 15 is 0 Å². The van der Waals surface area contributed by atoms with E-state index < -0.39 is 10.0 Å². The van der Waals surface area contributed by atoms with Gasteiger partial charge in [-0.05, 0) is 58.7 Å². The summed E-state index contributed by atoms with van der Waals surface area (Å²) in [7, 11) is -3.51. The SMILES string of the molecule is C[C@@H]1CCC[C@H](C)N1S(=O)(=O)c1ccc2c(c1)[C@@H]1O[C@@H]1C(C)(C)O2. The highest BCUT2D eigenvalue weighted by Crippen LogP contribution is 2.54. The fraction of sp³-hybridized carbons (Fsp3) is 0.667. The van der Waals surface area contributed by atoms with Crippen LogP contribution in [-0.4, -0.2) is 36.5 Å². The van der Waals surface area contributed by atoms with Crippen LogP contribution in [0, 0.1) is 0 Å².